The van der Waals surface area contributed by atoms with E-state index in [4.69, 9.17) is 0 Å². The second-order valence-corrected chi connectivity index (χ2v) is 0. The van der Waals surface area contributed by atoms with Crippen LogP contribution in [0.25, 0.3) is 0 Å². The maximum atomic E-state index is 4.50. The van der Waals surface area contributed by atoms with E-state index in [0.29, 0.717) is 0 Å². The van der Waals surface area contributed by atoms with E-state index in [1.54, 1.807) is 6.92 Å². The fraction of sp³-hybridized carbons (Fsp3) is 0.400. The third kappa shape index (κ3) is 165. The molecule has 0 unspecified atom stereocenters. The molecule has 0 aliphatic carbocycles. The van der Waals surface area contributed by atoms with E-state index in [9.17, 15) is 0 Å². The van der Waals surface area contributed by atoms with Crippen molar-refractivity contribution in [2.75, 3.05) is 0 Å². The quantitative estimate of drug-likeness (QED) is 0.473. The molecule has 0 aromatic rings. The minimum atomic E-state index is 0. The first-order valence-electron chi connectivity index (χ1n) is 1.28. The third-order valence-corrected chi connectivity index (χ3v) is 0. The Labute approximate surface area is 82.8 Å². The normalized spacial score (nSPS) is 1.38. The molecule has 0 amide bonds. The molecule has 0 saturated heterocycles. The minimum absolute atomic E-state index is 0. The van der Waals surface area contributed by atoms with Gasteiger partial charge in [0.1, 0.15) is 0 Å². The molecule has 0 rings (SSSR count). The van der Waals surface area contributed by atoms with Crippen LogP contribution >= 0.6 is 0 Å². The van der Waals surface area contributed by atoms with E-state index in [1.807, 2.05) is 0 Å². The summed E-state index contributed by atoms with van der Waals surface area (Å²) in [7, 11) is 4.50. The van der Waals surface area contributed by atoms with E-state index in [-0.39, 0.29) is 54.5 Å². The number of rotatable bonds is 0. The Bertz CT molecular complexity index is 12.4. The summed E-state index contributed by atoms with van der Waals surface area (Å²) in [4.78, 5) is 0. The standard InChI is InChI=1S/C2H5.CH3B.2CH3.V.W/c2*1-2;;;;/h1H2,2H3;1H3;2*1H3;;/q-1;;2*-1;;+2. The zero-order valence-electron chi connectivity index (χ0n) is 6.14. The average molecular weight is 320 g/mol. The summed E-state index contributed by atoms with van der Waals surface area (Å²) in [6.45, 7) is 6.50. The van der Waals surface area contributed by atoms with Crippen molar-refractivity contribution in [3.8, 4) is 0 Å². The molecule has 0 aromatic heterocycles. The van der Waals surface area contributed by atoms with E-state index in [0.717, 1.165) is 0 Å². The van der Waals surface area contributed by atoms with Crippen LogP contribution in [0.4, 0.5) is 0 Å². The van der Waals surface area contributed by atoms with E-state index in [1.165, 1.54) is 6.82 Å². The van der Waals surface area contributed by atoms with Crippen LogP contribution in [-0.4, -0.2) is 7.85 Å². The second-order valence-electron chi connectivity index (χ2n) is 0. The van der Waals surface area contributed by atoms with Crippen molar-refractivity contribution in [2.45, 2.75) is 13.7 Å². The third-order valence-electron chi connectivity index (χ3n) is 0. The molecule has 0 heterocycles. The first-order valence-corrected chi connectivity index (χ1v) is 1.28. The fourth-order valence-corrected chi connectivity index (χ4v) is 0. The van der Waals surface area contributed by atoms with Gasteiger partial charge >= 0.3 is 21.1 Å². The van der Waals surface area contributed by atoms with Crippen LogP contribution in [-0.2, 0) is 39.6 Å². The topological polar surface area (TPSA) is 0 Å². The summed E-state index contributed by atoms with van der Waals surface area (Å²) in [6, 6.07) is 0. The maximum absolute atomic E-state index is 4.50. The van der Waals surface area contributed by atoms with Crippen LogP contribution in [0.2, 0.25) is 6.82 Å². The molecule has 3 heteroatoms. The first-order chi connectivity index (χ1) is 2.00. The second kappa shape index (κ2) is 251. The van der Waals surface area contributed by atoms with Crippen molar-refractivity contribution in [3.63, 3.8) is 0 Å². The zero-order valence-corrected chi connectivity index (χ0v) is 10.5. The Hall–Kier alpha value is 1.34. The number of hydrogen-bond donors (Lipinski definition) is 0. The molecule has 0 aliphatic rings. The van der Waals surface area contributed by atoms with Crippen LogP contribution in [0.5, 0.6) is 0 Å². The van der Waals surface area contributed by atoms with Gasteiger partial charge in [0.25, 0.3) is 0 Å². The number of hydrogen-bond acceptors (Lipinski definition) is 0. The monoisotopic (exact) mass is 320 g/mol. The fourth-order valence-electron chi connectivity index (χ4n) is 0. The molecule has 8 heavy (non-hydrogen) atoms. The predicted octanol–water partition coefficient (Wildman–Crippen LogP) is 1.94. The molecule has 0 N–H and O–H groups in total. The van der Waals surface area contributed by atoms with Gasteiger partial charge in [0.15, 0.2) is 0 Å². The van der Waals surface area contributed by atoms with E-state index >= 15 is 0 Å². The molecule has 0 saturated carbocycles. The molecule has 49 valence electrons. The van der Waals surface area contributed by atoms with Crippen molar-refractivity contribution >= 4 is 7.85 Å². The van der Waals surface area contributed by atoms with E-state index < -0.39 is 0 Å². The Morgan fingerprint density at radius 3 is 1.00 bits per heavy atom. The Morgan fingerprint density at radius 1 is 1.00 bits per heavy atom. The predicted molar refractivity (Wildman–Crippen MR) is 35.5 cm³/mol. The van der Waals surface area contributed by atoms with Gasteiger partial charge < -0.3 is 21.8 Å². The van der Waals surface area contributed by atoms with Gasteiger partial charge in [-0.1, -0.05) is 6.82 Å². The molecular formula is C5H14BVW-. The maximum Gasteiger partial charge on any atom is 2.00 e. The molecule has 0 aliphatic heterocycles. The molecule has 0 fully saturated rings. The summed E-state index contributed by atoms with van der Waals surface area (Å²) in [5.41, 5.74) is 0. The minimum Gasteiger partial charge on any atom is -0.358 e. The van der Waals surface area contributed by atoms with Crippen LogP contribution in [0.15, 0.2) is 0 Å². The van der Waals surface area contributed by atoms with Gasteiger partial charge in [-0.2, -0.15) is 6.92 Å². The van der Waals surface area contributed by atoms with Crippen molar-refractivity contribution in [2.24, 2.45) is 0 Å². The van der Waals surface area contributed by atoms with Crippen molar-refractivity contribution in [1.29, 1.82) is 0 Å². The summed E-state index contributed by atoms with van der Waals surface area (Å²) < 4.78 is 0. The Balaban J connectivity index is -0.00000000167. The van der Waals surface area contributed by atoms with Crippen LogP contribution in [0, 0.1) is 21.8 Å². The Morgan fingerprint density at radius 2 is 1.00 bits per heavy atom. The van der Waals surface area contributed by atoms with Crippen molar-refractivity contribution in [3.05, 3.63) is 21.8 Å². The average Bonchev–Trinajstić information content (AvgIpc) is 1.50. The van der Waals surface area contributed by atoms with Crippen LogP contribution in [0.3, 0.4) is 0 Å². The van der Waals surface area contributed by atoms with Gasteiger partial charge in [0.05, 0.1) is 7.85 Å². The van der Waals surface area contributed by atoms with Gasteiger partial charge in [0, 0.05) is 18.6 Å². The van der Waals surface area contributed by atoms with Gasteiger partial charge in [-0.25, -0.2) is 0 Å². The smallest absolute Gasteiger partial charge is 0.358 e. The van der Waals surface area contributed by atoms with Crippen molar-refractivity contribution < 1.29 is 39.6 Å². The SMILES string of the molecule is [B]C.[CH2-]C.[CH3-].[CH3-].[V].[W+2]. The van der Waals surface area contributed by atoms with Gasteiger partial charge in [0.2, 0.25) is 0 Å². The van der Waals surface area contributed by atoms with Crippen molar-refractivity contribution in [1.82, 2.24) is 0 Å². The van der Waals surface area contributed by atoms with Crippen LogP contribution < -0.4 is 0 Å². The van der Waals surface area contributed by atoms with Gasteiger partial charge in [-0.05, 0) is 0 Å². The molecule has 0 atom stereocenters. The Kier molecular flexibility index (Phi) is 1830. The molecule has 0 bridgehead atoms. The molecule has 3 radical (unpaired) electrons. The zero-order chi connectivity index (χ0) is 4.00. The summed E-state index contributed by atoms with van der Waals surface area (Å²) in [5.74, 6) is 0. The van der Waals surface area contributed by atoms with Gasteiger partial charge in [-0.3, -0.25) is 0 Å². The molecule has 0 nitrogen and oxygen atoms in total. The molecule has 0 aromatic carbocycles. The largest absolute Gasteiger partial charge is 2.00 e. The summed E-state index contributed by atoms with van der Waals surface area (Å²) >= 11 is 0. The van der Waals surface area contributed by atoms with Gasteiger partial charge in [-0.15, -0.1) is 0 Å². The van der Waals surface area contributed by atoms with E-state index in [2.05, 4.69) is 14.8 Å². The molecule has 0 spiro atoms. The molecular weight excluding hydrogens is 306 g/mol. The first kappa shape index (κ1) is 58.3. The summed E-state index contributed by atoms with van der Waals surface area (Å²) in [5, 5.41) is 0. The van der Waals surface area contributed by atoms with Crippen LogP contribution in [0.1, 0.15) is 6.92 Å². The summed E-state index contributed by atoms with van der Waals surface area (Å²) in [6.07, 6.45) is 0.